The Morgan fingerprint density at radius 2 is 2.14 bits per heavy atom. The molecule has 3 rings (SSSR count). The van der Waals surface area contributed by atoms with Gasteiger partial charge in [0.25, 0.3) is 5.56 Å². The summed E-state index contributed by atoms with van der Waals surface area (Å²) in [4.78, 5) is 17.5. The van der Waals surface area contributed by atoms with Crippen LogP contribution in [-0.2, 0) is 0 Å². The van der Waals surface area contributed by atoms with Crippen LogP contribution in [0.2, 0.25) is 0 Å². The van der Waals surface area contributed by atoms with E-state index in [1.807, 2.05) is 19.9 Å². The van der Waals surface area contributed by atoms with Gasteiger partial charge in [0.15, 0.2) is 0 Å². The van der Waals surface area contributed by atoms with Crippen LogP contribution in [0.15, 0.2) is 41.2 Å². The first-order chi connectivity index (χ1) is 10.5. The zero-order valence-corrected chi connectivity index (χ0v) is 13.1. The van der Waals surface area contributed by atoms with Crippen LogP contribution >= 0.6 is 0 Å². The van der Waals surface area contributed by atoms with Crippen molar-refractivity contribution in [3.8, 4) is 5.75 Å². The van der Waals surface area contributed by atoms with Crippen LogP contribution in [0.1, 0.15) is 38.9 Å². The monoisotopic (exact) mass is 296 g/mol. The third-order valence-corrected chi connectivity index (χ3v) is 3.95. The molecule has 1 aliphatic rings. The number of hydrogen-bond acceptors (Lipinski definition) is 3. The predicted molar refractivity (Wildman–Crippen MR) is 89.0 cm³/mol. The normalized spacial score (nSPS) is 18.0. The van der Waals surface area contributed by atoms with E-state index < -0.39 is 0 Å². The predicted octanol–water partition coefficient (Wildman–Crippen LogP) is 3.66. The van der Waals surface area contributed by atoms with Crippen LogP contribution < -0.4 is 5.56 Å². The van der Waals surface area contributed by atoms with E-state index in [1.54, 1.807) is 16.7 Å². The number of phenolic OH excluding ortho intramolecular Hbond substituents is 1. The summed E-state index contributed by atoms with van der Waals surface area (Å²) in [6.45, 7) is 6.18. The molecule has 1 unspecified atom stereocenters. The van der Waals surface area contributed by atoms with Crippen molar-refractivity contribution in [2.75, 3.05) is 0 Å². The van der Waals surface area contributed by atoms with Gasteiger partial charge in [-0.1, -0.05) is 32.9 Å². The zero-order chi connectivity index (χ0) is 15.9. The molecule has 0 amide bonds. The molecule has 4 heteroatoms. The number of allylic oxidation sites excluding steroid dienone is 4. The van der Waals surface area contributed by atoms with Gasteiger partial charge in [-0.25, -0.2) is 4.98 Å². The van der Waals surface area contributed by atoms with Crippen molar-refractivity contribution in [1.29, 1.82) is 0 Å². The van der Waals surface area contributed by atoms with E-state index in [1.165, 1.54) is 6.07 Å². The quantitative estimate of drug-likeness (QED) is 0.920. The van der Waals surface area contributed by atoms with Gasteiger partial charge in [0, 0.05) is 17.7 Å². The van der Waals surface area contributed by atoms with Crippen molar-refractivity contribution in [2.24, 2.45) is 5.92 Å². The van der Waals surface area contributed by atoms with Crippen molar-refractivity contribution >= 4 is 16.6 Å². The molecule has 22 heavy (non-hydrogen) atoms. The molecule has 0 radical (unpaired) electrons. The SMILES string of the molecule is CC1C=CC(n2c(C(C)C)nc3cc(O)ccc3c2=O)=CC1. The second-order valence-corrected chi connectivity index (χ2v) is 6.17. The fourth-order valence-corrected chi connectivity index (χ4v) is 2.71. The molecule has 114 valence electrons. The molecule has 0 saturated heterocycles. The van der Waals surface area contributed by atoms with Crippen molar-refractivity contribution in [1.82, 2.24) is 9.55 Å². The molecule has 1 aliphatic carbocycles. The smallest absolute Gasteiger partial charge is 0.265 e. The summed E-state index contributed by atoms with van der Waals surface area (Å²) in [7, 11) is 0. The van der Waals surface area contributed by atoms with Gasteiger partial charge in [0.05, 0.1) is 10.9 Å². The maximum absolute atomic E-state index is 12.9. The van der Waals surface area contributed by atoms with E-state index in [-0.39, 0.29) is 17.2 Å². The Hall–Kier alpha value is -2.36. The fraction of sp³-hybridized carbons (Fsp3) is 0.333. The van der Waals surface area contributed by atoms with Gasteiger partial charge in [-0.3, -0.25) is 9.36 Å². The lowest BCUT2D eigenvalue weighted by Gasteiger charge is -2.19. The number of fused-ring (bicyclic) bond motifs is 1. The summed E-state index contributed by atoms with van der Waals surface area (Å²) in [5.74, 6) is 1.44. The lowest BCUT2D eigenvalue weighted by molar-refractivity contribution is 0.476. The number of hydrogen-bond donors (Lipinski definition) is 1. The van der Waals surface area contributed by atoms with E-state index in [2.05, 4.69) is 24.1 Å². The second-order valence-electron chi connectivity index (χ2n) is 6.17. The maximum atomic E-state index is 12.9. The highest BCUT2D eigenvalue weighted by molar-refractivity contribution is 5.80. The summed E-state index contributed by atoms with van der Waals surface area (Å²) in [6, 6.07) is 4.70. The summed E-state index contributed by atoms with van der Waals surface area (Å²) < 4.78 is 1.70. The number of aromatic nitrogens is 2. The highest BCUT2D eigenvalue weighted by atomic mass is 16.3. The number of aromatic hydroxyl groups is 1. The Morgan fingerprint density at radius 1 is 1.36 bits per heavy atom. The molecule has 0 saturated carbocycles. The first kappa shape index (κ1) is 14.6. The average molecular weight is 296 g/mol. The van der Waals surface area contributed by atoms with Crippen LogP contribution in [0, 0.1) is 5.92 Å². The largest absolute Gasteiger partial charge is 0.508 e. The number of nitrogens with zero attached hydrogens (tertiary/aromatic N) is 2. The maximum Gasteiger partial charge on any atom is 0.265 e. The van der Waals surface area contributed by atoms with Crippen molar-refractivity contribution in [3.05, 3.63) is 52.6 Å². The first-order valence-corrected chi connectivity index (χ1v) is 7.62. The van der Waals surface area contributed by atoms with Crippen molar-refractivity contribution < 1.29 is 5.11 Å². The zero-order valence-electron chi connectivity index (χ0n) is 13.1. The Morgan fingerprint density at radius 3 is 2.77 bits per heavy atom. The van der Waals surface area contributed by atoms with E-state index in [9.17, 15) is 9.90 Å². The molecule has 0 aliphatic heterocycles. The minimum Gasteiger partial charge on any atom is -0.508 e. The molecule has 1 aromatic carbocycles. The van der Waals surface area contributed by atoms with Crippen LogP contribution in [0.5, 0.6) is 5.75 Å². The highest BCUT2D eigenvalue weighted by Crippen LogP contribution is 2.24. The topological polar surface area (TPSA) is 55.1 Å². The summed E-state index contributed by atoms with van der Waals surface area (Å²) >= 11 is 0. The minimum absolute atomic E-state index is 0.0841. The van der Waals surface area contributed by atoms with E-state index >= 15 is 0 Å². The van der Waals surface area contributed by atoms with Gasteiger partial charge in [-0.05, 0) is 30.5 Å². The highest BCUT2D eigenvalue weighted by Gasteiger charge is 2.17. The van der Waals surface area contributed by atoms with Gasteiger partial charge in [0.1, 0.15) is 11.6 Å². The third-order valence-electron chi connectivity index (χ3n) is 3.95. The summed E-state index contributed by atoms with van der Waals surface area (Å²) in [5, 5.41) is 10.1. The molecule has 2 aromatic rings. The molecule has 1 aromatic heterocycles. The van der Waals surface area contributed by atoms with Gasteiger partial charge in [0.2, 0.25) is 0 Å². The minimum atomic E-state index is -0.0841. The summed E-state index contributed by atoms with van der Waals surface area (Å²) in [6.07, 6.45) is 7.12. The standard InChI is InChI=1S/C18H20N2O2/c1-11(2)17-19-16-10-14(21)8-9-15(16)18(22)20(17)13-6-4-12(3)5-7-13/h4,6-12,21H,5H2,1-3H3. The molecule has 1 atom stereocenters. The van der Waals surface area contributed by atoms with Crippen molar-refractivity contribution in [2.45, 2.75) is 33.1 Å². The Labute approximate surface area is 129 Å². The van der Waals surface area contributed by atoms with Gasteiger partial charge < -0.3 is 5.11 Å². The molecular weight excluding hydrogens is 276 g/mol. The third kappa shape index (κ3) is 2.45. The van der Waals surface area contributed by atoms with E-state index in [0.29, 0.717) is 22.6 Å². The number of phenols is 1. The van der Waals surface area contributed by atoms with Crippen LogP contribution in [0.25, 0.3) is 16.6 Å². The molecule has 0 bridgehead atoms. The van der Waals surface area contributed by atoms with Gasteiger partial charge in [-0.15, -0.1) is 0 Å². The van der Waals surface area contributed by atoms with Crippen molar-refractivity contribution in [3.63, 3.8) is 0 Å². The Balaban J connectivity index is 2.31. The fourth-order valence-electron chi connectivity index (χ4n) is 2.71. The Bertz CT molecular complexity index is 844. The number of benzene rings is 1. The van der Waals surface area contributed by atoms with Gasteiger partial charge >= 0.3 is 0 Å². The van der Waals surface area contributed by atoms with E-state index in [0.717, 1.165) is 12.1 Å². The molecule has 1 heterocycles. The molecule has 0 fully saturated rings. The first-order valence-electron chi connectivity index (χ1n) is 7.62. The lowest BCUT2D eigenvalue weighted by atomic mass is 10.0. The average Bonchev–Trinajstić information content (AvgIpc) is 2.48. The molecule has 0 spiro atoms. The second kappa shape index (κ2) is 5.44. The Kier molecular flexibility index (Phi) is 3.61. The molecule has 4 nitrogen and oxygen atoms in total. The molecule has 1 N–H and O–H groups in total. The van der Waals surface area contributed by atoms with Crippen LogP contribution in [0.3, 0.4) is 0 Å². The van der Waals surface area contributed by atoms with Crippen LogP contribution in [0.4, 0.5) is 0 Å². The van der Waals surface area contributed by atoms with E-state index in [4.69, 9.17) is 0 Å². The lowest BCUT2D eigenvalue weighted by Crippen LogP contribution is -2.25. The number of rotatable bonds is 2. The summed E-state index contributed by atoms with van der Waals surface area (Å²) in [5.41, 5.74) is 1.34. The molecular formula is C18H20N2O2. The van der Waals surface area contributed by atoms with Crippen LogP contribution in [-0.4, -0.2) is 14.7 Å². The van der Waals surface area contributed by atoms with Gasteiger partial charge in [-0.2, -0.15) is 0 Å².